The number of nitrogens with two attached hydrogens (primary N) is 1. The van der Waals surface area contributed by atoms with Gasteiger partial charge in [-0.25, -0.2) is 0 Å². The second-order valence-electron chi connectivity index (χ2n) is 6.27. The Morgan fingerprint density at radius 2 is 1.72 bits per heavy atom. The number of nitrogens with one attached hydrogen (secondary N) is 2. The summed E-state index contributed by atoms with van der Waals surface area (Å²) in [4.78, 5) is 23.5. The molecule has 0 aliphatic heterocycles. The van der Waals surface area contributed by atoms with Crippen molar-refractivity contribution in [1.82, 2.24) is 10.6 Å². The minimum absolute atomic E-state index is 0. The zero-order valence-electron chi connectivity index (χ0n) is 14.6. The smallest absolute Gasteiger partial charge is 0.239 e. The monoisotopic (exact) mass is 363 g/mol. The Kier molecular flexibility index (Phi) is 8.38. The number of hydrogen-bond donors (Lipinski definition) is 3. The zero-order valence-corrected chi connectivity index (χ0v) is 15.4. The van der Waals surface area contributed by atoms with Crippen molar-refractivity contribution in [3.63, 3.8) is 0 Å². The average Bonchev–Trinajstić information content (AvgIpc) is 2.58. The van der Waals surface area contributed by atoms with Gasteiger partial charge < -0.3 is 16.4 Å². The Bertz CT molecular complexity index is 719. The minimum atomic E-state index is -0.588. The molecule has 0 unspecified atom stereocenters. The molecule has 0 saturated carbocycles. The number of halogens is 1. The molecule has 0 spiro atoms. The lowest BCUT2D eigenvalue weighted by molar-refractivity contribution is -0.127. The number of benzene rings is 2. The Morgan fingerprint density at radius 1 is 1.04 bits per heavy atom. The standard InChI is InChI=1S/C19H25N3O2.ClH/c1-13(2)18(20)19(24)22-12-17(23)21-10-9-14-7-8-15-5-3-4-6-16(15)11-14;/h3-8,11,13,18H,9-10,12,20H2,1-2H3,(H,21,23)(H,22,24);1H/t18-;/m0./s1. The van der Waals surface area contributed by atoms with Crippen molar-refractivity contribution in [2.75, 3.05) is 13.1 Å². The lowest BCUT2D eigenvalue weighted by Gasteiger charge is -2.15. The molecule has 0 saturated heterocycles. The molecule has 25 heavy (non-hydrogen) atoms. The van der Waals surface area contributed by atoms with Crippen LogP contribution in [0.15, 0.2) is 42.5 Å². The Morgan fingerprint density at radius 3 is 2.40 bits per heavy atom. The van der Waals surface area contributed by atoms with Crippen molar-refractivity contribution < 1.29 is 9.59 Å². The van der Waals surface area contributed by atoms with Gasteiger partial charge in [0.2, 0.25) is 11.8 Å². The summed E-state index contributed by atoms with van der Waals surface area (Å²) in [6, 6.07) is 13.9. The molecule has 0 heterocycles. The van der Waals surface area contributed by atoms with Gasteiger partial charge in [-0.3, -0.25) is 9.59 Å². The summed E-state index contributed by atoms with van der Waals surface area (Å²) in [5, 5.41) is 7.76. The molecule has 0 aliphatic rings. The lowest BCUT2D eigenvalue weighted by Crippen LogP contribution is -2.47. The molecule has 4 N–H and O–H groups in total. The van der Waals surface area contributed by atoms with Crippen LogP contribution < -0.4 is 16.4 Å². The molecular formula is C19H26ClN3O2. The van der Waals surface area contributed by atoms with E-state index in [4.69, 9.17) is 5.73 Å². The second kappa shape index (κ2) is 10.0. The van der Waals surface area contributed by atoms with Crippen LogP contribution in [0, 0.1) is 5.92 Å². The molecule has 0 radical (unpaired) electrons. The summed E-state index contributed by atoms with van der Waals surface area (Å²) >= 11 is 0. The van der Waals surface area contributed by atoms with E-state index in [0.29, 0.717) is 6.54 Å². The maximum absolute atomic E-state index is 11.8. The Balaban J connectivity index is 0.00000312. The van der Waals surface area contributed by atoms with Gasteiger partial charge in [0.1, 0.15) is 0 Å². The highest BCUT2D eigenvalue weighted by Gasteiger charge is 2.17. The van der Waals surface area contributed by atoms with Crippen LogP contribution in [0.3, 0.4) is 0 Å². The maximum Gasteiger partial charge on any atom is 0.239 e. The normalized spacial score (nSPS) is 11.7. The van der Waals surface area contributed by atoms with E-state index in [1.165, 1.54) is 16.3 Å². The van der Waals surface area contributed by atoms with E-state index in [0.717, 1.165) is 6.42 Å². The van der Waals surface area contributed by atoms with Crippen LogP contribution >= 0.6 is 12.4 Å². The molecule has 0 aromatic heterocycles. The first-order chi connectivity index (χ1) is 11.5. The summed E-state index contributed by atoms with van der Waals surface area (Å²) in [6.45, 7) is 4.22. The number of hydrogen-bond acceptors (Lipinski definition) is 3. The summed E-state index contributed by atoms with van der Waals surface area (Å²) in [7, 11) is 0. The van der Waals surface area contributed by atoms with Gasteiger partial charge in [-0.2, -0.15) is 0 Å². The van der Waals surface area contributed by atoms with Crippen LogP contribution in [0.25, 0.3) is 10.8 Å². The molecule has 6 heteroatoms. The van der Waals surface area contributed by atoms with Gasteiger partial charge in [0, 0.05) is 6.54 Å². The number of rotatable bonds is 7. The number of carbonyl (C=O) groups excluding carboxylic acids is 2. The van der Waals surface area contributed by atoms with Crippen molar-refractivity contribution in [3.8, 4) is 0 Å². The molecule has 1 atom stereocenters. The maximum atomic E-state index is 11.8. The first-order valence-corrected chi connectivity index (χ1v) is 8.25. The SMILES string of the molecule is CC(C)[C@H](N)C(=O)NCC(=O)NCCc1ccc2ccccc2c1.Cl. The van der Waals surface area contributed by atoms with E-state index >= 15 is 0 Å². The van der Waals surface area contributed by atoms with E-state index in [1.807, 2.05) is 26.0 Å². The van der Waals surface area contributed by atoms with Crippen LogP contribution in [0.5, 0.6) is 0 Å². The molecule has 0 bridgehead atoms. The predicted molar refractivity (Wildman–Crippen MR) is 104 cm³/mol. The average molecular weight is 364 g/mol. The minimum Gasteiger partial charge on any atom is -0.354 e. The van der Waals surface area contributed by atoms with Gasteiger partial charge in [-0.1, -0.05) is 56.3 Å². The van der Waals surface area contributed by atoms with Crippen molar-refractivity contribution in [1.29, 1.82) is 0 Å². The molecular weight excluding hydrogens is 338 g/mol. The Labute approximate surface area is 154 Å². The molecule has 5 nitrogen and oxygen atoms in total. The first kappa shape index (κ1) is 20.9. The third kappa shape index (κ3) is 6.36. The van der Waals surface area contributed by atoms with E-state index in [-0.39, 0.29) is 36.7 Å². The van der Waals surface area contributed by atoms with Gasteiger partial charge in [0.15, 0.2) is 0 Å². The predicted octanol–water partition coefficient (Wildman–Crippen LogP) is 2.02. The number of fused-ring (bicyclic) bond motifs is 1. The van der Waals surface area contributed by atoms with Crippen LogP contribution in [-0.2, 0) is 16.0 Å². The third-order valence-electron chi connectivity index (χ3n) is 3.99. The van der Waals surface area contributed by atoms with Gasteiger partial charge in [0.05, 0.1) is 12.6 Å². The van der Waals surface area contributed by atoms with Crippen LogP contribution in [0.1, 0.15) is 19.4 Å². The summed E-state index contributed by atoms with van der Waals surface area (Å²) in [6.07, 6.45) is 0.746. The first-order valence-electron chi connectivity index (χ1n) is 8.25. The largest absolute Gasteiger partial charge is 0.354 e. The van der Waals surface area contributed by atoms with Crippen LogP contribution in [0.2, 0.25) is 0 Å². The van der Waals surface area contributed by atoms with Gasteiger partial charge in [0.25, 0.3) is 0 Å². The third-order valence-corrected chi connectivity index (χ3v) is 3.99. The highest BCUT2D eigenvalue weighted by molar-refractivity contribution is 5.87. The van der Waals surface area contributed by atoms with Gasteiger partial charge >= 0.3 is 0 Å². The fourth-order valence-corrected chi connectivity index (χ4v) is 2.39. The van der Waals surface area contributed by atoms with E-state index in [1.54, 1.807) is 0 Å². The summed E-state index contributed by atoms with van der Waals surface area (Å²) in [5.41, 5.74) is 6.89. The molecule has 2 amide bonds. The molecule has 2 aromatic rings. The number of carbonyl (C=O) groups is 2. The lowest BCUT2D eigenvalue weighted by atomic mass is 10.1. The van der Waals surface area contributed by atoms with Gasteiger partial charge in [-0.15, -0.1) is 12.4 Å². The molecule has 2 rings (SSSR count). The fourth-order valence-electron chi connectivity index (χ4n) is 2.39. The number of amides is 2. The molecule has 0 fully saturated rings. The van der Waals surface area contributed by atoms with E-state index in [9.17, 15) is 9.59 Å². The van der Waals surface area contributed by atoms with E-state index < -0.39 is 6.04 Å². The molecule has 136 valence electrons. The van der Waals surface area contributed by atoms with Crippen molar-refractivity contribution in [2.45, 2.75) is 26.3 Å². The quantitative estimate of drug-likeness (QED) is 0.703. The summed E-state index contributed by atoms with van der Waals surface area (Å²) < 4.78 is 0. The second-order valence-corrected chi connectivity index (χ2v) is 6.27. The Hall–Kier alpha value is -2.11. The van der Waals surface area contributed by atoms with Crippen LogP contribution in [-0.4, -0.2) is 30.9 Å². The highest BCUT2D eigenvalue weighted by Crippen LogP contribution is 2.15. The molecule has 0 aliphatic carbocycles. The van der Waals surface area contributed by atoms with E-state index in [2.05, 4.69) is 41.0 Å². The van der Waals surface area contributed by atoms with Crippen molar-refractivity contribution in [2.24, 2.45) is 11.7 Å². The van der Waals surface area contributed by atoms with Crippen LogP contribution in [0.4, 0.5) is 0 Å². The summed E-state index contributed by atoms with van der Waals surface area (Å²) in [5.74, 6) is -0.462. The molecule has 2 aromatic carbocycles. The van der Waals surface area contributed by atoms with Gasteiger partial charge in [-0.05, 0) is 28.7 Å². The fraction of sp³-hybridized carbons (Fsp3) is 0.368. The zero-order chi connectivity index (χ0) is 17.5. The topological polar surface area (TPSA) is 84.2 Å². The van der Waals surface area contributed by atoms with Crippen molar-refractivity contribution >= 4 is 35.0 Å². The van der Waals surface area contributed by atoms with Crippen molar-refractivity contribution in [3.05, 3.63) is 48.0 Å². The highest BCUT2D eigenvalue weighted by atomic mass is 35.5.